The SMILES string of the molecule is COc1cc(-c2ccc(OS(C)(=O)=O)cc2)c(OC)c(OS(C)(=O)=O)c1-c1ccc(N(Cc2ccccc2)Cc2ccccc2)c(F)c1. The molecule has 0 fully saturated rings. The molecule has 0 atom stereocenters. The van der Waals surface area contributed by atoms with Crippen molar-refractivity contribution >= 4 is 25.9 Å². The van der Waals surface area contributed by atoms with Crippen LogP contribution in [0.1, 0.15) is 11.1 Å². The highest BCUT2D eigenvalue weighted by Gasteiger charge is 2.27. The topological polar surface area (TPSA) is 108 Å². The zero-order chi connectivity index (χ0) is 34.5. The van der Waals surface area contributed by atoms with E-state index in [1.165, 1.54) is 32.4 Å². The lowest BCUT2D eigenvalue weighted by atomic mass is 9.96. The molecule has 0 N–H and O–H groups in total. The summed E-state index contributed by atoms with van der Waals surface area (Å²) in [4.78, 5) is 1.93. The van der Waals surface area contributed by atoms with Gasteiger partial charge in [-0.3, -0.25) is 0 Å². The monoisotopic (exact) mass is 691 g/mol. The molecule has 250 valence electrons. The molecule has 0 aliphatic heterocycles. The lowest BCUT2D eigenvalue weighted by molar-refractivity contribution is 0.386. The number of methoxy groups -OCH3 is 2. The van der Waals surface area contributed by atoms with E-state index in [1.807, 2.05) is 65.6 Å². The fourth-order valence-corrected chi connectivity index (χ4v) is 6.24. The van der Waals surface area contributed by atoms with Gasteiger partial charge in [0, 0.05) is 18.7 Å². The highest BCUT2D eigenvalue weighted by Crippen LogP contribution is 2.51. The van der Waals surface area contributed by atoms with Crippen LogP contribution in [0.15, 0.2) is 109 Å². The summed E-state index contributed by atoms with van der Waals surface area (Å²) >= 11 is 0. The number of ether oxygens (including phenoxy) is 2. The summed E-state index contributed by atoms with van der Waals surface area (Å²) in [6.07, 6.45) is 1.82. The minimum absolute atomic E-state index is 0.0345. The molecule has 9 nitrogen and oxygen atoms in total. The summed E-state index contributed by atoms with van der Waals surface area (Å²) in [7, 11) is -5.12. The fourth-order valence-electron chi connectivity index (χ4n) is 5.32. The maximum absolute atomic E-state index is 16.3. The van der Waals surface area contributed by atoms with Gasteiger partial charge < -0.3 is 22.7 Å². The fraction of sp³-hybridized carbons (Fsp3) is 0.167. The van der Waals surface area contributed by atoms with Crippen molar-refractivity contribution in [1.82, 2.24) is 0 Å². The second-order valence-corrected chi connectivity index (χ2v) is 14.1. The molecule has 12 heteroatoms. The number of hydrogen-bond donors (Lipinski definition) is 0. The largest absolute Gasteiger partial charge is 0.496 e. The zero-order valence-electron chi connectivity index (χ0n) is 26.7. The predicted molar refractivity (Wildman–Crippen MR) is 184 cm³/mol. The molecule has 0 saturated carbocycles. The third-order valence-electron chi connectivity index (χ3n) is 7.28. The molecule has 0 heterocycles. The van der Waals surface area contributed by atoms with E-state index < -0.39 is 26.1 Å². The summed E-state index contributed by atoms with van der Waals surface area (Å²) in [5.41, 5.74) is 3.66. The van der Waals surface area contributed by atoms with Gasteiger partial charge in [-0.2, -0.15) is 16.8 Å². The van der Waals surface area contributed by atoms with Gasteiger partial charge >= 0.3 is 20.2 Å². The van der Waals surface area contributed by atoms with Crippen LogP contribution in [0.5, 0.6) is 23.0 Å². The van der Waals surface area contributed by atoms with Crippen LogP contribution in [-0.4, -0.2) is 43.6 Å². The van der Waals surface area contributed by atoms with Crippen molar-refractivity contribution in [2.45, 2.75) is 13.1 Å². The molecule has 5 rings (SSSR count). The van der Waals surface area contributed by atoms with Gasteiger partial charge in [0.2, 0.25) is 0 Å². The first-order valence-corrected chi connectivity index (χ1v) is 18.3. The quantitative estimate of drug-likeness (QED) is 0.120. The standard InChI is InChI=1S/C36H34FNO8S2/c1-43-33-22-30(27-15-18-29(19-16-27)45-47(3,39)40)35(44-2)36(46-48(4,41)42)34(33)28-17-20-32(31(37)21-28)38(23-25-11-7-5-8-12-25)24-26-13-9-6-10-14-26/h5-22H,23-24H2,1-4H3. The van der Waals surface area contributed by atoms with Gasteiger partial charge in [-0.1, -0.05) is 78.9 Å². The van der Waals surface area contributed by atoms with Crippen molar-refractivity contribution in [2.24, 2.45) is 0 Å². The Morgan fingerprint density at radius 1 is 0.625 bits per heavy atom. The maximum atomic E-state index is 16.3. The predicted octanol–water partition coefficient (Wildman–Crippen LogP) is 7.06. The third-order valence-corrected chi connectivity index (χ3v) is 8.25. The Balaban J connectivity index is 1.63. The normalized spacial score (nSPS) is 11.5. The molecule has 0 saturated heterocycles. The minimum atomic E-state index is -4.12. The van der Waals surface area contributed by atoms with Crippen LogP contribution in [0.2, 0.25) is 0 Å². The number of halogens is 1. The van der Waals surface area contributed by atoms with Crippen molar-refractivity contribution in [3.8, 4) is 45.3 Å². The minimum Gasteiger partial charge on any atom is -0.496 e. The Bertz CT molecular complexity index is 2070. The van der Waals surface area contributed by atoms with Crippen molar-refractivity contribution in [3.63, 3.8) is 0 Å². The van der Waals surface area contributed by atoms with E-state index in [-0.39, 0.29) is 34.1 Å². The van der Waals surface area contributed by atoms with E-state index in [1.54, 1.807) is 30.3 Å². The second kappa shape index (κ2) is 14.4. The highest BCUT2D eigenvalue weighted by molar-refractivity contribution is 7.86. The molecule has 0 bridgehead atoms. The van der Waals surface area contributed by atoms with Crippen molar-refractivity contribution < 1.29 is 39.1 Å². The summed E-state index contributed by atoms with van der Waals surface area (Å²) < 4.78 is 86.4. The zero-order valence-corrected chi connectivity index (χ0v) is 28.3. The Hall–Kier alpha value is -5.07. The lowest BCUT2D eigenvalue weighted by Gasteiger charge is -2.26. The molecule has 0 aromatic heterocycles. The number of nitrogens with zero attached hydrogens (tertiary/aromatic N) is 1. The van der Waals surface area contributed by atoms with Gasteiger partial charge in [-0.25, -0.2) is 4.39 Å². The molecule has 5 aromatic carbocycles. The van der Waals surface area contributed by atoms with Crippen molar-refractivity contribution in [1.29, 1.82) is 0 Å². The van der Waals surface area contributed by atoms with E-state index >= 15 is 4.39 Å². The average Bonchev–Trinajstić information content (AvgIpc) is 3.04. The molecule has 0 aliphatic carbocycles. The number of anilines is 1. The highest BCUT2D eigenvalue weighted by atomic mass is 32.2. The van der Waals surface area contributed by atoms with E-state index in [2.05, 4.69) is 0 Å². The van der Waals surface area contributed by atoms with Gasteiger partial charge in [0.1, 0.15) is 17.3 Å². The van der Waals surface area contributed by atoms with Gasteiger partial charge in [-0.05, 0) is 52.6 Å². The van der Waals surface area contributed by atoms with Crippen LogP contribution in [0, 0.1) is 5.82 Å². The van der Waals surface area contributed by atoms with E-state index in [0.29, 0.717) is 29.9 Å². The van der Waals surface area contributed by atoms with Gasteiger partial charge in [0.05, 0.1) is 38.0 Å². The first-order valence-electron chi connectivity index (χ1n) is 14.7. The molecular formula is C36H34FNO8S2. The van der Waals surface area contributed by atoms with Crippen LogP contribution in [0.25, 0.3) is 22.3 Å². The van der Waals surface area contributed by atoms with Crippen LogP contribution in [-0.2, 0) is 33.3 Å². The van der Waals surface area contributed by atoms with Crippen molar-refractivity contribution in [2.75, 3.05) is 31.6 Å². The van der Waals surface area contributed by atoms with Gasteiger partial charge in [0.15, 0.2) is 11.5 Å². The average molecular weight is 692 g/mol. The maximum Gasteiger partial charge on any atom is 0.306 e. The van der Waals surface area contributed by atoms with E-state index in [4.69, 9.17) is 17.8 Å². The van der Waals surface area contributed by atoms with Crippen LogP contribution < -0.4 is 22.7 Å². The van der Waals surface area contributed by atoms with E-state index in [9.17, 15) is 16.8 Å². The van der Waals surface area contributed by atoms with Gasteiger partial charge in [0.25, 0.3) is 0 Å². The summed E-state index contributed by atoms with van der Waals surface area (Å²) in [5.74, 6) is -0.453. The molecule has 0 unspecified atom stereocenters. The molecule has 0 aliphatic rings. The molecule has 0 amide bonds. The lowest BCUT2D eigenvalue weighted by Crippen LogP contribution is -2.23. The third kappa shape index (κ3) is 8.44. The first-order chi connectivity index (χ1) is 22.8. The van der Waals surface area contributed by atoms with Crippen LogP contribution in [0.3, 0.4) is 0 Å². The van der Waals surface area contributed by atoms with Crippen LogP contribution >= 0.6 is 0 Å². The Morgan fingerprint density at radius 3 is 1.65 bits per heavy atom. The summed E-state index contributed by atoms with van der Waals surface area (Å²) in [6, 6.07) is 31.7. The van der Waals surface area contributed by atoms with E-state index in [0.717, 1.165) is 23.6 Å². The molecule has 0 radical (unpaired) electrons. The molecular weight excluding hydrogens is 658 g/mol. The smallest absolute Gasteiger partial charge is 0.306 e. The number of rotatable bonds is 13. The second-order valence-electron chi connectivity index (χ2n) is 11.0. The Kier molecular flexibility index (Phi) is 10.3. The molecule has 48 heavy (non-hydrogen) atoms. The molecule has 5 aromatic rings. The Labute approximate surface area is 280 Å². The molecule has 0 spiro atoms. The van der Waals surface area contributed by atoms with Crippen molar-refractivity contribution in [3.05, 3.63) is 126 Å². The Morgan fingerprint density at radius 2 is 1.17 bits per heavy atom. The van der Waals surface area contributed by atoms with Gasteiger partial charge in [-0.15, -0.1) is 0 Å². The number of benzene rings is 5. The van der Waals surface area contributed by atoms with Crippen LogP contribution in [0.4, 0.5) is 10.1 Å². The number of hydrogen-bond acceptors (Lipinski definition) is 9. The summed E-state index contributed by atoms with van der Waals surface area (Å²) in [5, 5.41) is 0. The summed E-state index contributed by atoms with van der Waals surface area (Å²) in [6.45, 7) is 0.878. The first kappa shape index (κ1) is 34.3.